The summed E-state index contributed by atoms with van der Waals surface area (Å²) in [5.41, 5.74) is 14.2. The van der Waals surface area contributed by atoms with Gasteiger partial charge in [0.05, 0.1) is 22.7 Å². The molecule has 0 bridgehead atoms. The highest BCUT2D eigenvalue weighted by Crippen LogP contribution is 2.53. The van der Waals surface area contributed by atoms with E-state index < -0.39 is 0 Å². The molecule has 0 spiro atoms. The molecular formula is C54H34N2O2S2. The second-order valence-corrected chi connectivity index (χ2v) is 17.1. The van der Waals surface area contributed by atoms with Crippen molar-refractivity contribution in [2.75, 3.05) is 9.80 Å². The lowest BCUT2D eigenvalue weighted by molar-refractivity contribution is 0.668. The molecular weight excluding hydrogens is 773 g/mol. The number of para-hydroxylation sites is 4. The maximum absolute atomic E-state index is 6.45. The molecule has 8 aromatic carbocycles. The molecule has 0 amide bonds. The first-order valence-corrected chi connectivity index (χ1v) is 21.5. The van der Waals surface area contributed by atoms with Gasteiger partial charge in [0.2, 0.25) is 0 Å². The van der Waals surface area contributed by atoms with Crippen molar-refractivity contribution in [1.82, 2.24) is 0 Å². The Bertz CT molecular complexity index is 3140. The molecule has 4 nitrogen and oxygen atoms in total. The molecule has 0 radical (unpaired) electrons. The van der Waals surface area contributed by atoms with Gasteiger partial charge in [-0.25, -0.2) is 0 Å². The summed E-state index contributed by atoms with van der Waals surface area (Å²) in [5.74, 6) is 0. The van der Waals surface area contributed by atoms with Crippen LogP contribution in [0, 0.1) is 0 Å². The molecule has 0 atom stereocenters. The highest BCUT2D eigenvalue weighted by atomic mass is 32.2. The molecule has 2 aliphatic rings. The minimum Gasteiger partial charge on any atom is -0.456 e. The fourth-order valence-corrected chi connectivity index (χ4v) is 11.0. The van der Waals surface area contributed by atoms with Gasteiger partial charge >= 0.3 is 0 Å². The van der Waals surface area contributed by atoms with Crippen LogP contribution < -0.4 is 9.80 Å². The van der Waals surface area contributed by atoms with E-state index in [-0.39, 0.29) is 0 Å². The minimum absolute atomic E-state index is 0.837. The van der Waals surface area contributed by atoms with Gasteiger partial charge in [0.25, 0.3) is 0 Å². The normalized spacial score (nSPS) is 13.5. The van der Waals surface area contributed by atoms with Crippen molar-refractivity contribution < 1.29 is 8.83 Å². The third-order valence-corrected chi connectivity index (χ3v) is 13.9. The Kier molecular flexibility index (Phi) is 7.99. The van der Waals surface area contributed by atoms with Crippen LogP contribution in [0.2, 0.25) is 0 Å². The summed E-state index contributed by atoms with van der Waals surface area (Å²) in [6, 6.07) is 60.2. The number of anilines is 6. The third-order valence-electron chi connectivity index (χ3n) is 11.6. The molecule has 60 heavy (non-hydrogen) atoms. The summed E-state index contributed by atoms with van der Waals surface area (Å²) in [5, 5.41) is 4.20. The van der Waals surface area contributed by atoms with Crippen molar-refractivity contribution in [3.05, 3.63) is 206 Å². The third kappa shape index (κ3) is 5.42. The van der Waals surface area contributed by atoms with Crippen molar-refractivity contribution >= 4 is 113 Å². The Morgan fingerprint density at radius 2 is 0.700 bits per heavy atom. The molecule has 4 heterocycles. The number of rotatable bonds is 6. The van der Waals surface area contributed by atoms with Crippen LogP contribution in [-0.4, -0.2) is 0 Å². The number of furan rings is 2. The minimum atomic E-state index is 0.837. The molecule has 0 N–H and O–H groups in total. The predicted octanol–water partition coefficient (Wildman–Crippen LogP) is 16.6. The lowest BCUT2D eigenvalue weighted by Gasteiger charge is -2.32. The van der Waals surface area contributed by atoms with Crippen molar-refractivity contribution in [2.45, 2.75) is 19.6 Å². The van der Waals surface area contributed by atoms with E-state index in [1.165, 1.54) is 42.3 Å². The molecule has 2 aromatic heterocycles. The van der Waals surface area contributed by atoms with E-state index in [2.05, 4.69) is 193 Å². The van der Waals surface area contributed by atoms with Crippen LogP contribution in [0.15, 0.2) is 224 Å². The van der Waals surface area contributed by atoms with Gasteiger partial charge in [0.1, 0.15) is 22.3 Å². The van der Waals surface area contributed by atoms with Crippen molar-refractivity contribution in [3.8, 4) is 0 Å². The van der Waals surface area contributed by atoms with Crippen LogP contribution in [0.3, 0.4) is 0 Å². The number of fused-ring (bicyclic) bond motifs is 10. The summed E-state index contributed by atoms with van der Waals surface area (Å²) < 4.78 is 12.9. The van der Waals surface area contributed by atoms with Crippen LogP contribution in [0.5, 0.6) is 0 Å². The topological polar surface area (TPSA) is 32.8 Å². The second-order valence-electron chi connectivity index (χ2n) is 15.0. The molecule has 12 rings (SSSR count). The van der Waals surface area contributed by atoms with Crippen LogP contribution >= 0.6 is 23.5 Å². The molecule has 0 saturated carbocycles. The van der Waals surface area contributed by atoms with Gasteiger partial charge in [-0.2, -0.15) is 0 Å². The number of nitrogens with zero attached hydrogens (tertiary/aromatic N) is 2. The summed E-state index contributed by atoms with van der Waals surface area (Å²) in [6.07, 6.45) is 3.87. The molecule has 2 aliphatic heterocycles. The van der Waals surface area contributed by atoms with Gasteiger partial charge in [0, 0.05) is 52.5 Å². The standard InChI is InChI=1S/C54H34N2O2S2/c1-3-37(33-21-25-47-39(29-33)41-31-35(23-27-49(41)57-47)55-43-13-5-9-17-51(43)59-52-18-10-6-14-44(52)55)38(4-2)34-22-26-48-40(30-34)42-32-36(24-28-50(42)58-48)56-45-15-7-11-19-53(45)60-54-20-12-8-16-46(54)56/h3-32H,1-2H2/b38-37-. The SMILES string of the molecule is C=C/C(=C(\C=C)c1ccc2oc3ccc(N4c5ccccc5Sc5ccccc54)cc3c2c1)c1ccc2oc3ccc(N4c5ccccc5Sc5ccccc54)cc3c2c1. The average Bonchev–Trinajstić information content (AvgIpc) is 3.85. The summed E-state index contributed by atoms with van der Waals surface area (Å²) in [4.78, 5) is 9.63. The molecule has 0 fully saturated rings. The van der Waals surface area contributed by atoms with Gasteiger partial charge in [-0.1, -0.05) is 109 Å². The molecule has 0 unspecified atom stereocenters. The molecule has 284 valence electrons. The zero-order chi connectivity index (χ0) is 39.9. The first-order chi connectivity index (χ1) is 29.6. The summed E-state index contributed by atoms with van der Waals surface area (Å²) >= 11 is 3.62. The fraction of sp³-hybridized carbons (Fsp3) is 0. The van der Waals surface area contributed by atoms with E-state index in [1.807, 2.05) is 35.7 Å². The van der Waals surface area contributed by atoms with E-state index in [4.69, 9.17) is 8.83 Å². The highest BCUT2D eigenvalue weighted by molar-refractivity contribution is 8.00. The van der Waals surface area contributed by atoms with Crippen LogP contribution in [0.4, 0.5) is 34.1 Å². The lowest BCUT2D eigenvalue weighted by atomic mass is 9.93. The van der Waals surface area contributed by atoms with Crippen molar-refractivity contribution in [1.29, 1.82) is 0 Å². The van der Waals surface area contributed by atoms with Gasteiger partial charge in [0.15, 0.2) is 0 Å². The van der Waals surface area contributed by atoms with Gasteiger partial charge in [-0.15, -0.1) is 0 Å². The maximum atomic E-state index is 6.45. The van der Waals surface area contributed by atoms with E-state index in [0.717, 1.165) is 77.5 Å². The monoisotopic (exact) mass is 806 g/mol. The van der Waals surface area contributed by atoms with Gasteiger partial charge in [-0.05, 0) is 131 Å². The van der Waals surface area contributed by atoms with E-state index >= 15 is 0 Å². The molecule has 6 heteroatoms. The van der Waals surface area contributed by atoms with Gasteiger partial charge in [-0.3, -0.25) is 0 Å². The Labute approximate surface area is 355 Å². The second kappa shape index (κ2) is 13.7. The first kappa shape index (κ1) is 34.9. The van der Waals surface area contributed by atoms with E-state index in [0.29, 0.717) is 0 Å². The lowest BCUT2D eigenvalue weighted by Crippen LogP contribution is -2.14. The van der Waals surface area contributed by atoms with E-state index in [9.17, 15) is 0 Å². The Hall–Kier alpha value is -7.12. The first-order valence-electron chi connectivity index (χ1n) is 19.9. The fourth-order valence-electron chi connectivity index (χ4n) is 8.88. The maximum Gasteiger partial charge on any atom is 0.135 e. The molecule has 0 aliphatic carbocycles. The quantitative estimate of drug-likeness (QED) is 0.123. The smallest absolute Gasteiger partial charge is 0.135 e. The average molecular weight is 807 g/mol. The summed E-state index contributed by atoms with van der Waals surface area (Å²) in [7, 11) is 0. The van der Waals surface area contributed by atoms with Crippen molar-refractivity contribution in [3.63, 3.8) is 0 Å². The Morgan fingerprint density at radius 3 is 1.05 bits per heavy atom. The number of hydrogen-bond acceptors (Lipinski definition) is 6. The molecule has 0 saturated heterocycles. The Balaban J connectivity index is 0.969. The number of hydrogen-bond donors (Lipinski definition) is 0. The van der Waals surface area contributed by atoms with E-state index in [1.54, 1.807) is 0 Å². The van der Waals surface area contributed by atoms with Crippen molar-refractivity contribution in [2.24, 2.45) is 0 Å². The predicted molar refractivity (Wildman–Crippen MR) is 252 cm³/mol. The number of benzene rings is 8. The largest absolute Gasteiger partial charge is 0.456 e. The highest BCUT2D eigenvalue weighted by Gasteiger charge is 2.27. The molecule has 10 aromatic rings. The zero-order valence-corrected chi connectivity index (χ0v) is 33.9. The van der Waals surface area contributed by atoms with Crippen LogP contribution in [-0.2, 0) is 0 Å². The zero-order valence-electron chi connectivity index (χ0n) is 32.3. The Morgan fingerprint density at radius 1 is 0.383 bits per heavy atom. The number of allylic oxidation sites excluding steroid dienone is 4. The van der Waals surface area contributed by atoms with Crippen LogP contribution in [0.25, 0.3) is 55.0 Å². The summed E-state index contributed by atoms with van der Waals surface area (Å²) in [6.45, 7) is 8.64. The van der Waals surface area contributed by atoms with Crippen LogP contribution in [0.1, 0.15) is 11.1 Å². The van der Waals surface area contributed by atoms with Gasteiger partial charge < -0.3 is 18.6 Å².